The highest BCUT2D eigenvalue weighted by atomic mass is 16.5. The summed E-state index contributed by atoms with van der Waals surface area (Å²) in [5, 5.41) is 0. The van der Waals surface area contributed by atoms with E-state index in [4.69, 9.17) is 4.74 Å². The van der Waals surface area contributed by atoms with E-state index in [0.29, 0.717) is 6.61 Å². The second kappa shape index (κ2) is 4.93. The van der Waals surface area contributed by atoms with E-state index in [0.717, 1.165) is 25.4 Å². The smallest absolute Gasteiger partial charge is 0.280 e. The lowest BCUT2D eigenvalue weighted by molar-refractivity contribution is -0.701. The summed E-state index contributed by atoms with van der Waals surface area (Å²) in [7, 11) is 0. The first-order chi connectivity index (χ1) is 5.88. The monoisotopic (exact) mass is 169 g/mol. The molecule has 0 amide bonds. The van der Waals surface area contributed by atoms with Gasteiger partial charge in [-0.05, 0) is 13.3 Å². The van der Waals surface area contributed by atoms with Gasteiger partial charge in [0.1, 0.15) is 19.0 Å². The SMILES string of the molecule is CCCOCc1[nH]cc[n+]1CC. The van der Waals surface area contributed by atoms with E-state index < -0.39 is 0 Å². The molecule has 3 heteroatoms. The van der Waals surface area contributed by atoms with Crippen molar-refractivity contribution < 1.29 is 9.30 Å². The van der Waals surface area contributed by atoms with Crippen LogP contribution in [-0.4, -0.2) is 11.6 Å². The van der Waals surface area contributed by atoms with Gasteiger partial charge in [-0.2, -0.15) is 0 Å². The van der Waals surface area contributed by atoms with Crippen molar-refractivity contribution in [2.24, 2.45) is 0 Å². The maximum absolute atomic E-state index is 5.42. The highest BCUT2D eigenvalue weighted by Crippen LogP contribution is 1.91. The fraction of sp³-hybridized carbons (Fsp3) is 0.667. The van der Waals surface area contributed by atoms with Crippen LogP contribution < -0.4 is 4.57 Å². The van der Waals surface area contributed by atoms with Crippen molar-refractivity contribution >= 4 is 0 Å². The van der Waals surface area contributed by atoms with Crippen molar-refractivity contribution in [3.63, 3.8) is 0 Å². The fourth-order valence-corrected chi connectivity index (χ4v) is 1.13. The highest BCUT2D eigenvalue weighted by Gasteiger charge is 2.07. The largest absolute Gasteiger partial charge is 0.369 e. The van der Waals surface area contributed by atoms with Gasteiger partial charge in [0.25, 0.3) is 5.82 Å². The number of aromatic amines is 1. The zero-order chi connectivity index (χ0) is 8.81. The van der Waals surface area contributed by atoms with Gasteiger partial charge in [0, 0.05) is 6.61 Å². The van der Waals surface area contributed by atoms with Crippen LogP contribution in [0.2, 0.25) is 0 Å². The summed E-state index contributed by atoms with van der Waals surface area (Å²) in [6.45, 7) is 6.76. The minimum atomic E-state index is 0.689. The van der Waals surface area contributed by atoms with E-state index in [9.17, 15) is 0 Å². The van der Waals surface area contributed by atoms with Crippen LogP contribution in [0.5, 0.6) is 0 Å². The second-order valence-corrected chi connectivity index (χ2v) is 2.75. The van der Waals surface area contributed by atoms with Crippen molar-refractivity contribution in [1.82, 2.24) is 4.98 Å². The van der Waals surface area contributed by atoms with Crippen LogP contribution in [0.3, 0.4) is 0 Å². The summed E-state index contributed by atoms with van der Waals surface area (Å²) in [5.74, 6) is 1.14. The Morgan fingerprint density at radius 2 is 2.33 bits per heavy atom. The van der Waals surface area contributed by atoms with Gasteiger partial charge < -0.3 is 4.74 Å². The van der Waals surface area contributed by atoms with Crippen LogP contribution in [0.1, 0.15) is 26.1 Å². The van der Waals surface area contributed by atoms with Crippen molar-refractivity contribution in [3.8, 4) is 0 Å². The number of aromatic nitrogens is 2. The molecule has 1 aromatic rings. The van der Waals surface area contributed by atoms with Crippen molar-refractivity contribution in [2.75, 3.05) is 6.61 Å². The average Bonchev–Trinajstić information content (AvgIpc) is 2.52. The van der Waals surface area contributed by atoms with Crippen molar-refractivity contribution in [2.45, 2.75) is 33.4 Å². The summed E-state index contributed by atoms with van der Waals surface area (Å²) >= 11 is 0. The molecule has 0 aliphatic carbocycles. The van der Waals surface area contributed by atoms with Crippen LogP contribution in [0.15, 0.2) is 12.4 Å². The molecular weight excluding hydrogens is 152 g/mol. The molecule has 12 heavy (non-hydrogen) atoms. The van der Waals surface area contributed by atoms with E-state index >= 15 is 0 Å². The summed E-state index contributed by atoms with van der Waals surface area (Å²) in [6, 6.07) is 0. The summed E-state index contributed by atoms with van der Waals surface area (Å²) < 4.78 is 7.57. The van der Waals surface area contributed by atoms with Crippen LogP contribution in [-0.2, 0) is 17.9 Å². The number of aryl methyl sites for hydroxylation is 1. The third-order valence-electron chi connectivity index (χ3n) is 1.78. The quantitative estimate of drug-likeness (QED) is 0.521. The van der Waals surface area contributed by atoms with Gasteiger partial charge in [0.15, 0.2) is 0 Å². The molecule has 0 fully saturated rings. The molecular formula is C9H17N2O+. The van der Waals surface area contributed by atoms with Gasteiger partial charge in [-0.25, -0.2) is 9.55 Å². The molecule has 0 saturated heterocycles. The van der Waals surface area contributed by atoms with Crippen LogP contribution in [0.4, 0.5) is 0 Å². The molecule has 0 atom stereocenters. The lowest BCUT2D eigenvalue weighted by Crippen LogP contribution is -2.34. The molecule has 3 nitrogen and oxygen atoms in total. The Labute approximate surface area is 73.4 Å². The third kappa shape index (κ3) is 2.34. The summed E-state index contributed by atoms with van der Waals surface area (Å²) in [5.41, 5.74) is 0. The average molecular weight is 169 g/mol. The second-order valence-electron chi connectivity index (χ2n) is 2.75. The first-order valence-corrected chi connectivity index (χ1v) is 4.52. The molecule has 0 aliphatic rings. The highest BCUT2D eigenvalue weighted by molar-refractivity contribution is 4.73. The molecule has 0 aliphatic heterocycles. The first-order valence-electron chi connectivity index (χ1n) is 4.52. The molecule has 68 valence electrons. The number of H-pyrrole nitrogens is 1. The molecule has 0 unspecified atom stereocenters. The zero-order valence-electron chi connectivity index (χ0n) is 7.84. The maximum Gasteiger partial charge on any atom is 0.280 e. The lowest BCUT2D eigenvalue weighted by Gasteiger charge is -1.98. The Kier molecular flexibility index (Phi) is 3.80. The van der Waals surface area contributed by atoms with E-state index in [-0.39, 0.29) is 0 Å². The van der Waals surface area contributed by atoms with Gasteiger partial charge in [0.05, 0.1) is 6.54 Å². The molecule has 0 saturated carbocycles. The normalized spacial score (nSPS) is 10.5. The zero-order valence-corrected chi connectivity index (χ0v) is 7.84. The van der Waals surface area contributed by atoms with Crippen molar-refractivity contribution in [3.05, 3.63) is 18.2 Å². The molecule has 1 rings (SSSR count). The number of imidazole rings is 1. The van der Waals surface area contributed by atoms with Crippen LogP contribution >= 0.6 is 0 Å². The number of rotatable bonds is 5. The van der Waals surface area contributed by atoms with E-state index in [2.05, 4.69) is 23.4 Å². The lowest BCUT2D eigenvalue weighted by atomic mass is 10.5. The van der Waals surface area contributed by atoms with Gasteiger partial charge in [-0.1, -0.05) is 6.92 Å². The molecule has 0 spiro atoms. The molecule has 1 heterocycles. The first kappa shape index (κ1) is 9.26. The van der Waals surface area contributed by atoms with Gasteiger partial charge >= 0.3 is 0 Å². The van der Waals surface area contributed by atoms with Crippen LogP contribution in [0, 0.1) is 0 Å². The topological polar surface area (TPSA) is 28.9 Å². The number of nitrogens with one attached hydrogen (secondary N) is 1. The summed E-state index contributed by atoms with van der Waals surface area (Å²) in [4.78, 5) is 3.15. The van der Waals surface area contributed by atoms with Gasteiger partial charge in [-0.15, -0.1) is 0 Å². The molecule has 1 aromatic heterocycles. The van der Waals surface area contributed by atoms with Gasteiger partial charge in [0.2, 0.25) is 0 Å². The third-order valence-corrected chi connectivity index (χ3v) is 1.78. The molecule has 0 bridgehead atoms. The Morgan fingerprint density at radius 3 is 3.00 bits per heavy atom. The van der Waals surface area contributed by atoms with E-state index in [1.807, 2.05) is 12.4 Å². The molecule has 0 aromatic carbocycles. The van der Waals surface area contributed by atoms with Crippen molar-refractivity contribution in [1.29, 1.82) is 0 Å². The molecule has 1 N–H and O–H groups in total. The predicted molar refractivity (Wildman–Crippen MR) is 46.6 cm³/mol. The van der Waals surface area contributed by atoms with Gasteiger partial charge in [-0.3, -0.25) is 0 Å². The van der Waals surface area contributed by atoms with E-state index in [1.165, 1.54) is 0 Å². The Balaban J connectivity index is 2.39. The fourth-order valence-electron chi connectivity index (χ4n) is 1.13. The van der Waals surface area contributed by atoms with E-state index in [1.54, 1.807) is 0 Å². The predicted octanol–water partition coefficient (Wildman–Crippen LogP) is 1.25. The Bertz CT molecular complexity index is 220. The minimum Gasteiger partial charge on any atom is -0.369 e. The number of nitrogens with zero attached hydrogens (tertiary/aromatic N) is 1. The Morgan fingerprint density at radius 1 is 1.50 bits per heavy atom. The number of hydrogen-bond acceptors (Lipinski definition) is 1. The Hall–Kier alpha value is -0.830. The molecule has 0 radical (unpaired) electrons. The number of hydrogen-bond donors (Lipinski definition) is 1. The standard InChI is InChI=1S/C9H16N2O/c1-3-7-12-8-9-10-5-6-11(9)4-2/h5-6H,3-4,7-8H2,1-2H3/p+1. The summed E-state index contributed by atoms with van der Waals surface area (Å²) in [6.07, 6.45) is 5.05. The maximum atomic E-state index is 5.42. The number of ether oxygens (including phenoxy) is 1. The van der Waals surface area contributed by atoms with Crippen LogP contribution in [0.25, 0.3) is 0 Å². The minimum absolute atomic E-state index is 0.689.